The third kappa shape index (κ3) is 6.65. The van der Waals surface area contributed by atoms with Crippen LogP contribution in [0.2, 0.25) is 0 Å². The number of carbonyl (C=O) groups is 3. The first-order valence-electron chi connectivity index (χ1n) is 13.9. The molecule has 0 unspecified atom stereocenters. The molecule has 212 valence electrons. The van der Waals surface area contributed by atoms with Gasteiger partial charge in [-0.25, -0.2) is 10.3 Å². The molecule has 0 aromatic heterocycles. The van der Waals surface area contributed by atoms with Gasteiger partial charge in [-0.2, -0.15) is 0 Å². The molecule has 5 rings (SSSR count). The van der Waals surface area contributed by atoms with Crippen molar-refractivity contribution in [3.05, 3.63) is 94.5 Å². The number of anilines is 2. The monoisotopic (exact) mass is 554 g/mol. The Labute approximate surface area is 239 Å². The molecule has 2 amide bonds. The van der Waals surface area contributed by atoms with Crippen LogP contribution in [0.4, 0.5) is 11.4 Å². The van der Waals surface area contributed by atoms with E-state index in [1.165, 1.54) is 25.3 Å². The predicted molar refractivity (Wildman–Crippen MR) is 158 cm³/mol. The van der Waals surface area contributed by atoms with Crippen molar-refractivity contribution in [3.63, 3.8) is 0 Å². The second kappa shape index (κ2) is 12.8. The Morgan fingerprint density at radius 2 is 1.71 bits per heavy atom. The summed E-state index contributed by atoms with van der Waals surface area (Å²) in [4.78, 5) is 45.2. The molecule has 2 heterocycles. The van der Waals surface area contributed by atoms with Crippen molar-refractivity contribution in [1.29, 1.82) is 0 Å². The molecule has 9 nitrogen and oxygen atoms in total. The standard InChI is InChI=1S/C32H34N4O5/c1-21-19-26-27(20-25(21)32(39)40)34-31(38)28(26)29(22-9-4-2-5-10-22)33-24-13-11-23(12-14-24)30(37)35-41-18-8-17-36-15-6-3-7-16-36/h2,4-5,9-14,19-20,33H,3,6-8,15-18H2,1H3,(H,34,38)(H,35,37)(H,39,40). The summed E-state index contributed by atoms with van der Waals surface area (Å²) < 4.78 is 0. The van der Waals surface area contributed by atoms with Gasteiger partial charge >= 0.3 is 5.97 Å². The topological polar surface area (TPSA) is 120 Å². The van der Waals surface area contributed by atoms with Gasteiger partial charge in [-0.3, -0.25) is 14.4 Å². The van der Waals surface area contributed by atoms with Gasteiger partial charge in [-0.15, -0.1) is 0 Å². The summed E-state index contributed by atoms with van der Waals surface area (Å²) in [5, 5.41) is 15.7. The average Bonchev–Trinajstić information content (AvgIpc) is 3.30. The van der Waals surface area contributed by atoms with Gasteiger partial charge in [-0.05, 0) is 86.8 Å². The number of hydrogen-bond donors (Lipinski definition) is 4. The summed E-state index contributed by atoms with van der Waals surface area (Å²) >= 11 is 0. The number of likely N-dealkylation sites (tertiary alicyclic amines) is 1. The zero-order chi connectivity index (χ0) is 28.8. The summed E-state index contributed by atoms with van der Waals surface area (Å²) in [6.45, 7) is 5.41. The quantitative estimate of drug-likeness (QED) is 0.155. The zero-order valence-corrected chi connectivity index (χ0v) is 23.0. The third-order valence-electron chi connectivity index (χ3n) is 7.40. The van der Waals surface area contributed by atoms with Crippen LogP contribution in [0.15, 0.2) is 66.7 Å². The van der Waals surface area contributed by atoms with Crippen LogP contribution in [-0.4, -0.2) is 54.0 Å². The number of fused-ring (bicyclic) bond motifs is 1. The van der Waals surface area contributed by atoms with Gasteiger partial charge in [0.15, 0.2) is 0 Å². The zero-order valence-electron chi connectivity index (χ0n) is 23.0. The van der Waals surface area contributed by atoms with Crippen molar-refractivity contribution >= 4 is 40.4 Å². The predicted octanol–water partition coefficient (Wildman–Crippen LogP) is 5.16. The fraction of sp³-hybridized carbons (Fsp3) is 0.281. The van der Waals surface area contributed by atoms with E-state index in [2.05, 4.69) is 21.0 Å². The molecule has 3 aromatic carbocycles. The Morgan fingerprint density at radius 1 is 0.976 bits per heavy atom. The fourth-order valence-corrected chi connectivity index (χ4v) is 5.26. The maximum atomic E-state index is 13.2. The van der Waals surface area contributed by atoms with Gasteiger partial charge in [0.25, 0.3) is 11.8 Å². The second-order valence-corrected chi connectivity index (χ2v) is 10.3. The summed E-state index contributed by atoms with van der Waals surface area (Å²) in [5.74, 6) is -1.71. The van der Waals surface area contributed by atoms with E-state index in [0.717, 1.165) is 31.6 Å². The number of benzene rings is 3. The van der Waals surface area contributed by atoms with E-state index in [4.69, 9.17) is 4.84 Å². The van der Waals surface area contributed by atoms with Crippen molar-refractivity contribution < 1.29 is 24.3 Å². The Kier molecular flexibility index (Phi) is 8.76. The van der Waals surface area contributed by atoms with Crippen molar-refractivity contribution in [2.24, 2.45) is 0 Å². The number of aryl methyl sites for hydroxylation is 1. The molecule has 0 atom stereocenters. The number of nitrogens with zero attached hydrogens (tertiary/aromatic N) is 1. The Balaban J connectivity index is 1.30. The number of carboxylic acids is 1. The van der Waals surface area contributed by atoms with Gasteiger partial charge < -0.3 is 20.6 Å². The highest BCUT2D eigenvalue weighted by Gasteiger charge is 2.30. The van der Waals surface area contributed by atoms with Gasteiger partial charge in [-0.1, -0.05) is 36.8 Å². The van der Waals surface area contributed by atoms with E-state index in [-0.39, 0.29) is 17.4 Å². The summed E-state index contributed by atoms with van der Waals surface area (Å²) in [7, 11) is 0. The number of amides is 2. The number of hydrogen-bond acceptors (Lipinski definition) is 6. The molecule has 2 aliphatic heterocycles. The lowest BCUT2D eigenvalue weighted by Gasteiger charge is -2.26. The molecule has 1 fully saturated rings. The highest BCUT2D eigenvalue weighted by atomic mass is 16.6. The Bertz CT molecular complexity index is 1460. The Morgan fingerprint density at radius 3 is 2.41 bits per heavy atom. The lowest BCUT2D eigenvalue weighted by molar-refractivity contribution is -0.110. The van der Waals surface area contributed by atoms with E-state index in [1.807, 2.05) is 30.3 Å². The number of carboxylic acid groups (broad SMARTS) is 1. The van der Waals surface area contributed by atoms with E-state index < -0.39 is 5.97 Å². The fourth-order valence-electron chi connectivity index (χ4n) is 5.26. The molecule has 41 heavy (non-hydrogen) atoms. The lowest BCUT2D eigenvalue weighted by Crippen LogP contribution is -2.32. The minimum atomic E-state index is -1.05. The molecule has 0 radical (unpaired) electrons. The maximum absolute atomic E-state index is 13.2. The average molecular weight is 555 g/mol. The van der Waals surface area contributed by atoms with Gasteiger partial charge in [0.05, 0.1) is 29.1 Å². The van der Waals surface area contributed by atoms with Crippen LogP contribution in [0.3, 0.4) is 0 Å². The van der Waals surface area contributed by atoms with Crippen LogP contribution in [0.25, 0.3) is 11.3 Å². The summed E-state index contributed by atoms with van der Waals surface area (Å²) in [5.41, 5.74) is 7.17. The minimum absolute atomic E-state index is 0.138. The number of aromatic carboxylic acids is 1. The maximum Gasteiger partial charge on any atom is 0.336 e. The first kappa shape index (κ1) is 28.1. The molecule has 0 aliphatic carbocycles. The summed E-state index contributed by atoms with van der Waals surface area (Å²) in [6.07, 6.45) is 4.66. The smallest absolute Gasteiger partial charge is 0.336 e. The normalized spacial score (nSPS) is 16.1. The molecule has 1 saturated heterocycles. The number of nitrogens with one attached hydrogen (secondary N) is 3. The van der Waals surface area contributed by atoms with E-state index in [9.17, 15) is 19.5 Å². The molecule has 0 spiro atoms. The van der Waals surface area contributed by atoms with Gasteiger partial charge in [0.2, 0.25) is 0 Å². The highest BCUT2D eigenvalue weighted by Crippen LogP contribution is 2.39. The lowest BCUT2D eigenvalue weighted by atomic mass is 9.96. The van der Waals surface area contributed by atoms with Crippen molar-refractivity contribution in [2.75, 3.05) is 36.9 Å². The number of piperidine rings is 1. The van der Waals surface area contributed by atoms with E-state index >= 15 is 0 Å². The molecular formula is C32H34N4O5. The molecule has 2 aliphatic rings. The number of rotatable bonds is 10. The largest absolute Gasteiger partial charge is 0.478 e. The van der Waals surface area contributed by atoms with Crippen LogP contribution < -0.4 is 16.1 Å². The van der Waals surface area contributed by atoms with Crippen LogP contribution in [-0.2, 0) is 9.63 Å². The van der Waals surface area contributed by atoms with Gasteiger partial charge in [0, 0.05) is 23.4 Å². The molecule has 9 heteroatoms. The van der Waals surface area contributed by atoms with Crippen LogP contribution in [0.5, 0.6) is 0 Å². The molecule has 0 bridgehead atoms. The van der Waals surface area contributed by atoms with Crippen molar-refractivity contribution in [3.8, 4) is 0 Å². The van der Waals surface area contributed by atoms with Crippen molar-refractivity contribution in [2.45, 2.75) is 32.6 Å². The third-order valence-corrected chi connectivity index (χ3v) is 7.40. The van der Waals surface area contributed by atoms with Crippen LogP contribution >= 0.6 is 0 Å². The molecule has 4 N–H and O–H groups in total. The molecule has 3 aromatic rings. The Hall–Kier alpha value is -4.47. The second-order valence-electron chi connectivity index (χ2n) is 10.3. The van der Waals surface area contributed by atoms with Gasteiger partial charge in [0.1, 0.15) is 0 Å². The highest BCUT2D eigenvalue weighted by molar-refractivity contribution is 6.37. The SMILES string of the molecule is Cc1cc2c(cc1C(=O)O)NC(=O)C2=C(Nc1ccc(C(=O)NOCCCN2CCCCC2)cc1)c1ccccc1. The van der Waals surface area contributed by atoms with Crippen LogP contribution in [0.1, 0.15) is 63.1 Å². The number of hydroxylamine groups is 1. The number of carbonyl (C=O) groups excluding carboxylic acids is 2. The first-order chi connectivity index (χ1) is 19.9. The van der Waals surface area contributed by atoms with E-state index in [0.29, 0.717) is 45.9 Å². The molecular weight excluding hydrogens is 520 g/mol. The minimum Gasteiger partial charge on any atom is -0.478 e. The molecule has 0 saturated carbocycles. The van der Waals surface area contributed by atoms with Crippen LogP contribution in [0, 0.1) is 6.92 Å². The summed E-state index contributed by atoms with van der Waals surface area (Å²) in [6, 6.07) is 19.5. The van der Waals surface area contributed by atoms with Crippen molar-refractivity contribution in [1.82, 2.24) is 10.4 Å². The van der Waals surface area contributed by atoms with E-state index in [1.54, 1.807) is 37.3 Å². The first-order valence-corrected chi connectivity index (χ1v) is 13.9.